The lowest BCUT2D eigenvalue weighted by Gasteiger charge is -2.14. The summed E-state index contributed by atoms with van der Waals surface area (Å²) in [6.45, 7) is 6.32. The normalized spacial score (nSPS) is 15.3. The van der Waals surface area contributed by atoms with Gasteiger partial charge in [-0.2, -0.15) is 0 Å². The van der Waals surface area contributed by atoms with Gasteiger partial charge in [-0.25, -0.2) is 0 Å². The van der Waals surface area contributed by atoms with Crippen LogP contribution < -0.4 is 9.47 Å². The number of hydrogen-bond acceptors (Lipinski definition) is 7. The highest BCUT2D eigenvalue weighted by Gasteiger charge is 2.36. The monoisotopic (exact) mass is 471 g/mol. The molecule has 0 N–H and O–H groups in total. The Hall–Kier alpha value is -2.00. The molecule has 7 nitrogen and oxygen atoms in total. The average Bonchev–Trinajstić information content (AvgIpc) is 2.89. The number of nitrogens with zero attached hydrogens (tertiary/aromatic N) is 1. The van der Waals surface area contributed by atoms with E-state index in [1.807, 2.05) is 13.8 Å². The minimum Gasteiger partial charge on any atom is -0.490 e. The van der Waals surface area contributed by atoms with E-state index < -0.39 is 23.7 Å². The van der Waals surface area contributed by atoms with Crippen LogP contribution in [0.25, 0.3) is 6.08 Å². The van der Waals surface area contributed by atoms with E-state index in [0.29, 0.717) is 34.7 Å². The summed E-state index contributed by atoms with van der Waals surface area (Å²) < 4.78 is 16.9. The molecule has 0 unspecified atom stereocenters. The molecule has 28 heavy (non-hydrogen) atoms. The summed E-state index contributed by atoms with van der Waals surface area (Å²) in [4.78, 5) is 37.3. The molecule has 0 aromatic heterocycles. The van der Waals surface area contributed by atoms with E-state index in [4.69, 9.17) is 14.2 Å². The number of halogens is 1. The smallest absolute Gasteiger partial charge is 0.326 e. The fourth-order valence-corrected chi connectivity index (χ4v) is 3.81. The maximum Gasteiger partial charge on any atom is 0.326 e. The van der Waals surface area contributed by atoms with Crippen molar-refractivity contribution in [1.29, 1.82) is 0 Å². The van der Waals surface area contributed by atoms with Gasteiger partial charge in [0.25, 0.3) is 11.1 Å². The van der Waals surface area contributed by atoms with E-state index >= 15 is 0 Å². The first-order chi connectivity index (χ1) is 13.4. The Morgan fingerprint density at radius 3 is 2.57 bits per heavy atom. The number of carbonyl (C=O) groups excluding carboxylic acids is 3. The second kappa shape index (κ2) is 10.5. The molecule has 0 spiro atoms. The molecule has 1 aromatic rings. The fraction of sp³-hybridized carbons (Fsp3) is 0.421. The van der Waals surface area contributed by atoms with Crippen molar-refractivity contribution < 1.29 is 28.6 Å². The van der Waals surface area contributed by atoms with Gasteiger partial charge in [-0.3, -0.25) is 19.3 Å². The minimum absolute atomic E-state index is 0.186. The van der Waals surface area contributed by atoms with Crippen LogP contribution in [0.15, 0.2) is 21.5 Å². The lowest BCUT2D eigenvalue weighted by atomic mass is 10.2. The van der Waals surface area contributed by atoms with Crippen molar-refractivity contribution in [3.8, 4) is 11.5 Å². The molecule has 1 aliphatic heterocycles. The predicted octanol–water partition coefficient (Wildman–Crippen LogP) is 4.24. The molecule has 1 fully saturated rings. The van der Waals surface area contributed by atoms with Gasteiger partial charge < -0.3 is 14.2 Å². The Bertz CT molecular complexity index is 795. The van der Waals surface area contributed by atoms with Crippen LogP contribution in [0.3, 0.4) is 0 Å². The summed E-state index contributed by atoms with van der Waals surface area (Å²) in [5, 5.41) is -0.503. The molecule has 152 valence electrons. The van der Waals surface area contributed by atoms with Crippen LogP contribution in [-0.4, -0.2) is 48.4 Å². The number of amides is 2. The molecule has 0 atom stereocenters. The number of carbonyl (C=O) groups is 3. The Morgan fingerprint density at radius 1 is 1.18 bits per heavy atom. The summed E-state index contributed by atoms with van der Waals surface area (Å²) in [6, 6.07) is 3.53. The largest absolute Gasteiger partial charge is 0.490 e. The average molecular weight is 472 g/mol. The van der Waals surface area contributed by atoms with Gasteiger partial charge >= 0.3 is 5.97 Å². The van der Waals surface area contributed by atoms with E-state index in [2.05, 4.69) is 15.9 Å². The maximum atomic E-state index is 12.5. The van der Waals surface area contributed by atoms with Gasteiger partial charge in [-0.05, 0) is 71.7 Å². The molecule has 0 aliphatic carbocycles. The zero-order chi connectivity index (χ0) is 20.7. The summed E-state index contributed by atoms with van der Waals surface area (Å²) >= 11 is 4.26. The number of imide groups is 1. The quantitative estimate of drug-likeness (QED) is 0.393. The predicted molar refractivity (Wildman–Crippen MR) is 110 cm³/mol. The molecule has 1 heterocycles. The molecule has 9 heteroatoms. The zero-order valence-corrected chi connectivity index (χ0v) is 18.4. The first-order valence-corrected chi connectivity index (χ1v) is 10.5. The molecular weight excluding hydrogens is 450 g/mol. The molecule has 2 amide bonds. The van der Waals surface area contributed by atoms with Gasteiger partial charge in [-0.1, -0.05) is 6.92 Å². The van der Waals surface area contributed by atoms with Gasteiger partial charge in [0.2, 0.25) is 0 Å². The number of ether oxygens (including phenoxy) is 3. The second-order valence-electron chi connectivity index (χ2n) is 5.68. The van der Waals surface area contributed by atoms with Crippen molar-refractivity contribution in [3.05, 3.63) is 27.1 Å². The lowest BCUT2D eigenvalue weighted by molar-refractivity contribution is -0.145. The van der Waals surface area contributed by atoms with Gasteiger partial charge in [0.05, 0.1) is 29.2 Å². The van der Waals surface area contributed by atoms with Crippen molar-refractivity contribution in [3.63, 3.8) is 0 Å². The maximum absolute atomic E-state index is 12.5. The molecule has 1 aliphatic rings. The zero-order valence-electron chi connectivity index (χ0n) is 16.0. The van der Waals surface area contributed by atoms with Gasteiger partial charge in [0.15, 0.2) is 11.5 Å². The number of rotatable bonds is 9. The Morgan fingerprint density at radius 2 is 1.93 bits per heavy atom. The second-order valence-corrected chi connectivity index (χ2v) is 7.53. The Balaban J connectivity index is 2.28. The van der Waals surface area contributed by atoms with Crippen molar-refractivity contribution in [2.24, 2.45) is 0 Å². The summed E-state index contributed by atoms with van der Waals surface area (Å²) in [5.74, 6) is -0.00751. The summed E-state index contributed by atoms with van der Waals surface area (Å²) in [6.07, 6.45) is 2.44. The lowest BCUT2D eigenvalue weighted by Crippen LogP contribution is -2.34. The highest BCUT2D eigenvalue weighted by molar-refractivity contribution is 9.10. The van der Waals surface area contributed by atoms with Crippen LogP contribution in [0.4, 0.5) is 4.79 Å². The molecular formula is C19H22BrNO6S. The van der Waals surface area contributed by atoms with Crippen LogP contribution in [0, 0.1) is 0 Å². The van der Waals surface area contributed by atoms with Crippen molar-refractivity contribution >= 4 is 50.9 Å². The third-order valence-electron chi connectivity index (χ3n) is 3.55. The highest BCUT2D eigenvalue weighted by atomic mass is 79.9. The van der Waals surface area contributed by atoms with E-state index in [1.165, 1.54) is 0 Å². The molecule has 0 saturated carbocycles. The number of hydrogen-bond donors (Lipinski definition) is 0. The van der Waals surface area contributed by atoms with Crippen molar-refractivity contribution in [2.45, 2.75) is 27.2 Å². The van der Waals surface area contributed by atoms with Crippen molar-refractivity contribution in [2.75, 3.05) is 26.4 Å². The van der Waals surface area contributed by atoms with Gasteiger partial charge in [0, 0.05) is 0 Å². The molecule has 0 radical (unpaired) electrons. The molecule has 1 saturated heterocycles. The van der Waals surface area contributed by atoms with E-state index in [9.17, 15) is 14.4 Å². The Kier molecular flexibility index (Phi) is 8.37. The number of benzene rings is 1. The fourth-order valence-electron chi connectivity index (χ4n) is 2.40. The number of esters is 1. The van der Waals surface area contributed by atoms with Crippen LogP contribution in [0.2, 0.25) is 0 Å². The van der Waals surface area contributed by atoms with E-state index in [-0.39, 0.29) is 11.5 Å². The third kappa shape index (κ3) is 5.51. The van der Waals surface area contributed by atoms with E-state index in [0.717, 1.165) is 23.1 Å². The topological polar surface area (TPSA) is 82.1 Å². The SMILES string of the molecule is CCCOc1c(Br)cc(/C=C2\SC(=O)N(CC(=O)OCC)C2=O)cc1OCC. The third-order valence-corrected chi connectivity index (χ3v) is 5.04. The summed E-state index contributed by atoms with van der Waals surface area (Å²) in [5.41, 5.74) is 0.667. The highest BCUT2D eigenvalue weighted by Crippen LogP contribution is 2.39. The minimum atomic E-state index is -0.621. The van der Waals surface area contributed by atoms with Gasteiger partial charge in [-0.15, -0.1) is 0 Å². The molecule has 1 aromatic carbocycles. The van der Waals surface area contributed by atoms with Crippen molar-refractivity contribution in [1.82, 2.24) is 4.90 Å². The first kappa shape index (κ1) is 22.3. The first-order valence-electron chi connectivity index (χ1n) is 8.91. The van der Waals surface area contributed by atoms with Crippen LogP contribution in [-0.2, 0) is 14.3 Å². The summed E-state index contributed by atoms with van der Waals surface area (Å²) in [7, 11) is 0. The number of thioether (sulfide) groups is 1. The van der Waals surface area contributed by atoms with E-state index in [1.54, 1.807) is 25.1 Å². The standard InChI is InChI=1S/C19H22BrNO6S/c1-4-7-27-17-13(20)8-12(9-14(17)25-5-2)10-15-18(23)21(19(24)28-15)11-16(22)26-6-3/h8-10H,4-7,11H2,1-3H3/b15-10-. The molecule has 0 bridgehead atoms. The van der Waals surface area contributed by atoms with Crippen LogP contribution in [0.1, 0.15) is 32.8 Å². The van der Waals surface area contributed by atoms with Gasteiger partial charge in [0.1, 0.15) is 6.54 Å². The van der Waals surface area contributed by atoms with Crippen LogP contribution >= 0.6 is 27.7 Å². The molecule has 2 rings (SSSR count). The Labute approximate surface area is 176 Å². The van der Waals surface area contributed by atoms with Crippen LogP contribution in [0.5, 0.6) is 11.5 Å².